The van der Waals surface area contributed by atoms with Crippen molar-refractivity contribution in [1.82, 2.24) is 14.8 Å². The van der Waals surface area contributed by atoms with Crippen molar-refractivity contribution >= 4 is 27.3 Å². The summed E-state index contributed by atoms with van der Waals surface area (Å²) in [4.78, 5) is 3.70. The Balaban J connectivity index is 2.25. The lowest BCUT2D eigenvalue weighted by Crippen LogP contribution is -2.17. The smallest absolute Gasteiger partial charge is 0.233 e. The predicted molar refractivity (Wildman–Crippen MR) is 69.4 cm³/mol. The quantitative estimate of drug-likeness (QED) is 0.847. The molecule has 1 aromatic heterocycles. The second kappa shape index (κ2) is 5.54. The average Bonchev–Trinajstić information content (AvgIpc) is 2.81. The second-order valence-corrected chi connectivity index (χ2v) is 5.84. The van der Waals surface area contributed by atoms with Gasteiger partial charge in [0.1, 0.15) is 18.3 Å². The van der Waals surface area contributed by atoms with Crippen LogP contribution in [0.1, 0.15) is 0 Å². The highest BCUT2D eigenvalue weighted by atomic mass is 35.5. The van der Waals surface area contributed by atoms with Crippen LogP contribution in [0.3, 0.4) is 0 Å². The van der Waals surface area contributed by atoms with Gasteiger partial charge in [-0.1, -0.05) is 0 Å². The van der Waals surface area contributed by atoms with E-state index in [9.17, 15) is 12.8 Å². The molecule has 0 atom stereocenters. The molecule has 2 aromatic rings. The van der Waals surface area contributed by atoms with Crippen LogP contribution in [0.2, 0.25) is 0 Å². The molecular formula is C10H10ClFN4O2S. The van der Waals surface area contributed by atoms with Crippen LogP contribution in [0.15, 0.2) is 30.9 Å². The minimum Gasteiger partial charge on any atom is -0.283 e. The van der Waals surface area contributed by atoms with Gasteiger partial charge in [0.2, 0.25) is 10.0 Å². The van der Waals surface area contributed by atoms with Crippen molar-refractivity contribution in [3.05, 3.63) is 36.7 Å². The Bertz CT molecular complexity index is 660. The van der Waals surface area contributed by atoms with E-state index in [0.29, 0.717) is 0 Å². The van der Waals surface area contributed by atoms with Gasteiger partial charge in [-0.25, -0.2) is 22.5 Å². The van der Waals surface area contributed by atoms with Gasteiger partial charge in [-0.15, -0.1) is 11.6 Å². The monoisotopic (exact) mass is 304 g/mol. The van der Waals surface area contributed by atoms with Crippen LogP contribution < -0.4 is 4.72 Å². The van der Waals surface area contributed by atoms with Crippen molar-refractivity contribution in [1.29, 1.82) is 0 Å². The van der Waals surface area contributed by atoms with E-state index < -0.39 is 15.8 Å². The van der Waals surface area contributed by atoms with E-state index in [4.69, 9.17) is 11.6 Å². The van der Waals surface area contributed by atoms with E-state index in [1.807, 2.05) is 0 Å². The van der Waals surface area contributed by atoms with E-state index in [1.54, 1.807) is 0 Å². The molecule has 0 unspecified atom stereocenters. The predicted octanol–water partition coefficient (Wildman–Crippen LogP) is 1.39. The number of sulfonamides is 1. The molecule has 0 radical (unpaired) electrons. The fourth-order valence-corrected chi connectivity index (χ4v) is 2.82. The third-order valence-corrected chi connectivity index (χ3v) is 3.93. The number of anilines is 1. The van der Waals surface area contributed by atoms with Gasteiger partial charge in [0, 0.05) is 11.9 Å². The maximum atomic E-state index is 13.8. The summed E-state index contributed by atoms with van der Waals surface area (Å²) in [6, 6.07) is 3.91. The molecule has 0 saturated heterocycles. The fraction of sp³-hybridized carbons (Fsp3) is 0.200. The number of hydrogen-bond donors (Lipinski definition) is 1. The normalized spacial score (nSPS) is 11.5. The molecular weight excluding hydrogens is 295 g/mol. The lowest BCUT2D eigenvalue weighted by Gasteiger charge is -2.08. The van der Waals surface area contributed by atoms with Crippen LogP contribution in [-0.4, -0.2) is 34.8 Å². The SMILES string of the molecule is O=S(=O)(CCCl)Nc1ccc(-n2cncn2)c(F)c1. The second-order valence-electron chi connectivity index (χ2n) is 3.62. The Morgan fingerprint density at radius 3 is 2.79 bits per heavy atom. The van der Waals surface area contributed by atoms with Crippen LogP contribution in [0.5, 0.6) is 0 Å². The highest BCUT2D eigenvalue weighted by Gasteiger charge is 2.12. The van der Waals surface area contributed by atoms with E-state index in [2.05, 4.69) is 14.8 Å². The number of aromatic nitrogens is 3. The third-order valence-electron chi connectivity index (χ3n) is 2.23. The highest BCUT2D eigenvalue weighted by Crippen LogP contribution is 2.18. The van der Waals surface area contributed by atoms with Crippen molar-refractivity contribution < 1.29 is 12.8 Å². The topological polar surface area (TPSA) is 76.9 Å². The molecule has 1 aromatic carbocycles. The van der Waals surface area contributed by atoms with E-state index in [0.717, 1.165) is 6.07 Å². The zero-order valence-electron chi connectivity index (χ0n) is 9.62. The number of benzene rings is 1. The minimum atomic E-state index is -3.55. The molecule has 102 valence electrons. The average molecular weight is 305 g/mol. The summed E-state index contributed by atoms with van der Waals surface area (Å²) in [6.07, 6.45) is 2.62. The van der Waals surface area contributed by atoms with Gasteiger partial charge in [0.05, 0.1) is 11.4 Å². The zero-order valence-corrected chi connectivity index (χ0v) is 11.2. The van der Waals surface area contributed by atoms with E-state index in [1.165, 1.54) is 29.5 Å². The van der Waals surface area contributed by atoms with Gasteiger partial charge in [0.25, 0.3) is 0 Å². The first-order valence-electron chi connectivity index (χ1n) is 5.23. The Morgan fingerprint density at radius 1 is 1.42 bits per heavy atom. The summed E-state index contributed by atoms with van der Waals surface area (Å²) in [5, 5.41) is 3.79. The van der Waals surface area contributed by atoms with Crippen LogP contribution in [0.4, 0.5) is 10.1 Å². The van der Waals surface area contributed by atoms with Gasteiger partial charge in [0.15, 0.2) is 5.82 Å². The lowest BCUT2D eigenvalue weighted by molar-refractivity contribution is 0.602. The first-order chi connectivity index (χ1) is 9.02. The van der Waals surface area contributed by atoms with Gasteiger partial charge in [-0.05, 0) is 12.1 Å². The Kier molecular flexibility index (Phi) is 4.01. The summed E-state index contributed by atoms with van der Waals surface area (Å²) < 4.78 is 40.3. The molecule has 0 aliphatic heterocycles. The summed E-state index contributed by atoms with van der Waals surface area (Å²) in [5.74, 6) is -0.882. The molecule has 2 rings (SSSR count). The van der Waals surface area contributed by atoms with E-state index in [-0.39, 0.29) is 23.0 Å². The number of halogens is 2. The van der Waals surface area contributed by atoms with Crippen molar-refractivity contribution in [2.45, 2.75) is 0 Å². The van der Waals surface area contributed by atoms with Gasteiger partial charge < -0.3 is 0 Å². The first-order valence-corrected chi connectivity index (χ1v) is 7.41. The zero-order chi connectivity index (χ0) is 13.9. The molecule has 0 spiro atoms. The molecule has 6 nitrogen and oxygen atoms in total. The van der Waals surface area contributed by atoms with Crippen molar-refractivity contribution in [3.8, 4) is 5.69 Å². The minimum absolute atomic E-state index is 0.0329. The van der Waals surface area contributed by atoms with Crippen LogP contribution >= 0.6 is 11.6 Å². The largest absolute Gasteiger partial charge is 0.283 e. The molecule has 0 aliphatic rings. The summed E-state index contributed by atoms with van der Waals surface area (Å²) in [5.41, 5.74) is 0.310. The van der Waals surface area contributed by atoms with Gasteiger partial charge in [-0.3, -0.25) is 4.72 Å². The number of alkyl halides is 1. The number of hydrogen-bond acceptors (Lipinski definition) is 4. The number of nitrogens with one attached hydrogen (secondary N) is 1. The van der Waals surface area contributed by atoms with Crippen LogP contribution in [0, 0.1) is 5.82 Å². The van der Waals surface area contributed by atoms with Gasteiger partial charge >= 0.3 is 0 Å². The summed E-state index contributed by atoms with van der Waals surface area (Å²) in [7, 11) is -3.55. The van der Waals surface area contributed by atoms with Crippen molar-refractivity contribution in [3.63, 3.8) is 0 Å². The maximum absolute atomic E-state index is 13.8. The number of rotatable bonds is 5. The molecule has 0 bridgehead atoms. The molecule has 0 saturated carbocycles. The number of nitrogens with zero attached hydrogens (tertiary/aromatic N) is 3. The Hall–Kier alpha value is -1.67. The summed E-state index contributed by atoms with van der Waals surface area (Å²) in [6.45, 7) is 0. The molecule has 0 amide bonds. The molecule has 1 N–H and O–H groups in total. The van der Waals surface area contributed by atoms with Crippen molar-refractivity contribution in [2.75, 3.05) is 16.4 Å². The lowest BCUT2D eigenvalue weighted by atomic mass is 10.3. The van der Waals surface area contributed by atoms with Crippen LogP contribution in [0.25, 0.3) is 5.69 Å². The summed E-state index contributed by atoms with van der Waals surface area (Å²) >= 11 is 5.36. The molecule has 1 heterocycles. The Labute approximate surface area is 114 Å². The maximum Gasteiger partial charge on any atom is 0.233 e. The third kappa shape index (κ3) is 3.42. The Morgan fingerprint density at radius 2 is 2.21 bits per heavy atom. The van der Waals surface area contributed by atoms with Gasteiger partial charge in [-0.2, -0.15) is 5.10 Å². The molecule has 0 fully saturated rings. The molecule has 0 aliphatic carbocycles. The molecule has 9 heteroatoms. The highest BCUT2D eigenvalue weighted by molar-refractivity contribution is 7.92. The van der Waals surface area contributed by atoms with E-state index >= 15 is 0 Å². The van der Waals surface area contributed by atoms with Crippen LogP contribution in [-0.2, 0) is 10.0 Å². The fourth-order valence-electron chi connectivity index (χ4n) is 1.42. The van der Waals surface area contributed by atoms with Crippen molar-refractivity contribution in [2.24, 2.45) is 0 Å². The molecule has 19 heavy (non-hydrogen) atoms. The first kappa shape index (κ1) is 13.8. The standard InChI is InChI=1S/C10H10ClFN4O2S/c11-3-4-19(17,18)15-8-1-2-10(9(12)5-8)16-7-13-6-14-16/h1-2,5-7,15H,3-4H2.